The molecule has 3 N–H and O–H groups in total. The third-order valence-corrected chi connectivity index (χ3v) is 6.86. The van der Waals surface area contributed by atoms with Crippen molar-refractivity contribution in [1.29, 1.82) is 5.26 Å². The fourth-order valence-electron chi connectivity index (χ4n) is 5.06. The molecule has 0 aliphatic carbocycles. The number of hydrogen-bond acceptors (Lipinski definition) is 5. The quantitative estimate of drug-likeness (QED) is 0.505. The zero-order valence-electron chi connectivity index (χ0n) is 19.0. The summed E-state index contributed by atoms with van der Waals surface area (Å²) in [7, 11) is 1.61. The van der Waals surface area contributed by atoms with Crippen LogP contribution in [0.25, 0.3) is 10.9 Å². The van der Waals surface area contributed by atoms with Crippen molar-refractivity contribution in [3.8, 4) is 11.8 Å². The topological polar surface area (TPSA) is 110 Å². The molecule has 2 aliphatic heterocycles. The molecule has 174 valence electrons. The number of amides is 2. The van der Waals surface area contributed by atoms with Gasteiger partial charge in [-0.25, -0.2) is 0 Å². The van der Waals surface area contributed by atoms with Crippen LogP contribution in [-0.2, 0) is 11.3 Å². The molecular formula is C26H27N5O3. The van der Waals surface area contributed by atoms with Gasteiger partial charge in [0.25, 0.3) is 5.91 Å². The Balaban J connectivity index is 1.37. The highest BCUT2D eigenvalue weighted by Crippen LogP contribution is 2.35. The normalized spacial score (nSPS) is 20.1. The number of nitrogens with one attached hydrogen (secondary N) is 3. The van der Waals surface area contributed by atoms with E-state index < -0.39 is 6.04 Å². The van der Waals surface area contributed by atoms with Gasteiger partial charge in [-0.1, -0.05) is 30.3 Å². The van der Waals surface area contributed by atoms with Crippen molar-refractivity contribution in [3.05, 3.63) is 65.4 Å². The van der Waals surface area contributed by atoms with Crippen LogP contribution in [0.3, 0.4) is 0 Å². The van der Waals surface area contributed by atoms with E-state index in [0.717, 1.165) is 28.5 Å². The lowest BCUT2D eigenvalue weighted by Crippen LogP contribution is -2.40. The second-order valence-electron chi connectivity index (χ2n) is 8.85. The second kappa shape index (κ2) is 9.20. The SMILES string of the molecule is COc1cccc2[nH]c(C(=O)N3Cc4ccccc4C3CN[C@H](C#N)C[C@@H]3CCNC3=O)cc12. The smallest absolute Gasteiger partial charge is 0.271 e. The average Bonchev–Trinajstić information content (AvgIpc) is 3.57. The number of fused-ring (bicyclic) bond motifs is 2. The first-order valence-electron chi connectivity index (χ1n) is 11.5. The highest BCUT2D eigenvalue weighted by molar-refractivity contribution is 6.00. The molecule has 3 heterocycles. The number of methoxy groups -OCH3 is 1. The van der Waals surface area contributed by atoms with E-state index in [-0.39, 0.29) is 23.8 Å². The zero-order chi connectivity index (χ0) is 23.7. The summed E-state index contributed by atoms with van der Waals surface area (Å²) in [5, 5.41) is 16.7. The number of hydrogen-bond donors (Lipinski definition) is 3. The number of nitriles is 1. The van der Waals surface area contributed by atoms with Gasteiger partial charge >= 0.3 is 0 Å². The fraction of sp³-hybridized carbons (Fsp3) is 0.346. The van der Waals surface area contributed by atoms with Crippen molar-refractivity contribution >= 4 is 22.7 Å². The van der Waals surface area contributed by atoms with Crippen LogP contribution in [0.1, 0.15) is 40.5 Å². The van der Waals surface area contributed by atoms with E-state index in [4.69, 9.17) is 4.74 Å². The van der Waals surface area contributed by atoms with Crippen LogP contribution >= 0.6 is 0 Å². The predicted molar refractivity (Wildman–Crippen MR) is 127 cm³/mol. The Bertz CT molecular complexity index is 1280. The van der Waals surface area contributed by atoms with Crippen LogP contribution in [0.2, 0.25) is 0 Å². The molecule has 8 heteroatoms. The lowest BCUT2D eigenvalue weighted by atomic mass is 9.98. The molecule has 2 amide bonds. The molecule has 1 fully saturated rings. The van der Waals surface area contributed by atoms with Gasteiger partial charge in [0.2, 0.25) is 5.91 Å². The van der Waals surface area contributed by atoms with Crippen molar-refractivity contribution < 1.29 is 14.3 Å². The number of rotatable bonds is 7. The monoisotopic (exact) mass is 457 g/mol. The van der Waals surface area contributed by atoms with Gasteiger partial charge in [-0.15, -0.1) is 0 Å². The van der Waals surface area contributed by atoms with Crippen LogP contribution < -0.4 is 15.4 Å². The molecule has 3 aromatic rings. The molecule has 5 rings (SSSR count). The van der Waals surface area contributed by atoms with Gasteiger partial charge in [-0.2, -0.15) is 5.26 Å². The van der Waals surface area contributed by atoms with Gasteiger partial charge < -0.3 is 19.9 Å². The minimum Gasteiger partial charge on any atom is -0.496 e. The summed E-state index contributed by atoms with van der Waals surface area (Å²) in [6.07, 6.45) is 1.21. The Morgan fingerprint density at radius 1 is 1.29 bits per heavy atom. The molecule has 0 radical (unpaired) electrons. The third-order valence-electron chi connectivity index (χ3n) is 6.86. The molecule has 2 aromatic carbocycles. The van der Waals surface area contributed by atoms with Gasteiger partial charge in [0.1, 0.15) is 11.4 Å². The number of carbonyl (C=O) groups is 2. The maximum Gasteiger partial charge on any atom is 0.271 e. The number of benzene rings is 2. The first kappa shape index (κ1) is 22.0. The Morgan fingerprint density at radius 2 is 2.15 bits per heavy atom. The van der Waals surface area contributed by atoms with E-state index in [1.165, 1.54) is 0 Å². The summed E-state index contributed by atoms with van der Waals surface area (Å²) in [5.41, 5.74) is 3.51. The number of aromatic amines is 1. The Kier molecular flexibility index (Phi) is 5.95. The molecule has 1 aromatic heterocycles. The van der Waals surface area contributed by atoms with Gasteiger partial charge in [0.05, 0.1) is 25.3 Å². The lowest BCUT2D eigenvalue weighted by Gasteiger charge is -2.26. The third kappa shape index (κ3) is 3.99. The first-order valence-corrected chi connectivity index (χ1v) is 11.5. The lowest BCUT2D eigenvalue weighted by molar-refractivity contribution is -0.122. The summed E-state index contributed by atoms with van der Waals surface area (Å²) in [5.74, 6) is 0.472. The van der Waals surface area contributed by atoms with E-state index in [2.05, 4.69) is 21.7 Å². The minimum atomic E-state index is -0.462. The van der Waals surface area contributed by atoms with Crippen molar-refractivity contribution in [2.24, 2.45) is 5.92 Å². The van der Waals surface area contributed by atoms with Crippen LogP contribution in [0.15, 0.2) is 48.5 Å². The molecule has 1 unspecified atom stereocenters. The van der Waals surface area contributed by atoms with Crippen molar-refractivity contribution in [3.63, 3.8) is 0 Å². The van der Waals surface area contributed by atoms with Crippen LogP contribution in [0.5, 0.6) is 5.75 Å². The summed E-state index contributed by atoms with van der Waals surface area (Å²) in [6, 6.07) is 17.1. The zero-order valence-corrected chi connectivity index (χ0v) is 19.0. The van der Waals surface area contributed by atoms with Gasteiger partial charge in [0.15, 0.2) is 0 Å². The number of ether oxygens (including phenoxy) is 1. The Morgan fingerprint density at radius 3 is 2.91 bits per heavy atom. The number of nitrogens with zero attached hydrogens (tertiary/aromatic N) is 2. The highest BCUT2D eigenvalue weighted by atomic mass is 16.5. The maximum atomic E-state index is 13.6. The largest absolute Gasteiger partial charge is 0.496 e. The Labute approximate surface area is 197 Å². The average molecular weight is 458 g/mol. The summed E-state index contributed by atoms with van der Waals surface area (Å²) < 4.78 is 5.44. The standard InChI is InChI=1S/C26H27N5O3/c1-34-24-8-4-7-21-20(24)12-22(30-21)26(33)31-15-17-5-2-3-6-19(17)23(31)14-29-18(13-27)11-16-9-10-28-25(16)32/h2-8,12,16,18,23,29-30H,9-11,14-15H2,1H3,(H,28,32)/t16-,18-,23?/m0/s1. The van der Waals surface area contributed by atoms with Crippen molar-refractivity contribution in [1.82, 2.24) is 20.5 Å². The van der Waals surface area contributed by atoms with Crippen LogP contribution in [0.4, 0.5) is 0 Å². The second-order valence-corrected chi connectivity index (χ2v) is 8.85. The van der Waals surface area contributed by atoms with E-state index in [1.807, 2.05) is 53.4 Å². The molecule has 2 aliphatic rings. The molecule has 34 heavy (non-hydrogen) atoms. The van der Waals surface area contributed by atoms with E-state index in [9.17, 15) is 14.9 Å². The van der Waals surface area contributed by atoms with Crippen LogP contribution in [0, 0.1) is 17.2 Å². The summed E-state index contributed by atoms with van der Waals surface area (Å²) in [4.78, 5) is 30.7. The molecule has 1 saturated heterocycles. The highest BCUT2D eigenvalue weighted by Gasteiger charge is 2.35. The number of H-pyrrole nitrogens is 1. The maximum absolute atomic E-state index is 13.6. The van der Waals surface area contributed by atoms with E-state index in [0.29, 0.717) is 37.5 Å². The van der Waals surface area contributed by atoms with Crippen molar-refractivity contribution in [2.75, 3.05) is 20.2 Å². The molecular weight excluding hydrogens is 430 g/mol. The van der Waals surface area contributed by atoms with Crippen LogP contribution in [-0.4, -0.2) is 47.9 Å². The molecule has 0 bridgehead atoms. The van der Waals surface area contributed by atoms with Gasteiger partial charge in [-0.05, 0) is 42.2 Å². The first-order chi connectivity index (χ1) is 16.6. The molecule has 0 spiro atoms. The Hall–Kier alpha value is -3.83. The summed E-state index contributed by atoms with van der Waals surface area (Å²) >= 11 is 0. The number of carbonyl (C=O) groups excluding carboxylic acids is 2. The molecule has 3 atom stereocenters. The fourth-order valence-corrected chi connectivity index (χ4v) is 5.06. The number of aromatic nitrogens is 1. The predicted octanol–water partition coefficient (Wildman–Crippen LogP) is 2.88. The van der Waals surface area contributed by atoms with E-state index in [1.54, 1.807) is 7.11 Å². The minimum absolute atomic E-state index is 0.0132. The van der Waals surface area contributed by atoms with E-state index >= 15 is 0 Å². The van der Waals surface area contributed by atoms with Gasteiger partial charge in [0, 0.05) is 36.5 Å². The molecule has 0 saturated carbocycles. The summed E-state index contributed by atoms with van der Waals surface area (Å²) in [6.45, 7) is 1.59. The van der Waals surface area contributed by atoms with Crippen molar-refractivity contribution in [2.45, 2.75) is 31.5 Å². The van der Waals surface area contributed by atoms with Gasteiger partial charge in [-0.3, -0.25) is 14.9 Å². The molecule has 8 nitrogen and oxygen atoms in total.